The van der Waals surface area contributed by atoms with Gasteiger partial charge in [-0.15, -0.1) is 0 Å². The monoisotopic (exact) mass is 257 g/mol. The van der Waals surface area contributed by atoms with Crippen molar-refractivity contribution >= 4 is 5.91 Å². The number of hydrogen-bond acceptors (Lipinski definition) is 5. The van der Waals surface area contributed by atoms with Crippen LogP contribution in [0.15, 0.2) is 0 Å². The molecule has 0 atom stereocenters. The Morgan fingerprint density at radius 3 is 2.61 bits per heavy atom. The van der Waals surface area contributed by atoms with Crippen LogP contribution in [0.5, 0.6) is 0 Å². The summed E-state index contributed by atoms with van der Waals surface area (Å²) < 4.78 is 5.28. The molecule has 3 N–H and O–H groups in total. The van der Waals surface area contributed by atoms with Crippen LogP contribution >= 0.6 is 0 Å². The molecule has 6 heteroatoms. The zero-order chi connectivity index (χ0) is 12.8. The van der Waals surface area contributed by atoms with Gasteiger partial charge in [0.05, 0.1) is 18.7 Å². The molecule has 0 aromatic heterocycles. The van der Waals surface area contributed by atoms with Crippen LogP contribution in [0.2, 0.25) is 0 Å². The summed E-state index contributed by atoms with van der Waals surface area (Å²) in [5.41, 5.74) is -0.469. The summed E-state index contributed by atoms with van der Waals surface area (Å²) in [6.45, 7) is 5.31. The minimum absolute atomic E-state index is 0.00727. The van der Waals surface area contributed by atoms with E-state index in [0.717, 1.165) is 26.2 Å². The van der Waals surface area contributed by atoms with E-state index in [1.165, 1.54) is 0 Å². The molecule has 2 rings (SSSR count). The molecule has 2 fully saturated rings. The first-order chi connectivity index (χ1) is 8.74. The minimum Gasteiger partial charge on any atom is -0.394 e. The van der Waals surface area contributed by atoms with E-state index in [1.54, 1.807) is 0 Å². The number of rotatable bonds is 4. The second-order valence-electron chi connectivity index (χ2n) is 5.13. The Hall–Kier alpha value is -0.690. The highest BCUT2D eigenvalue weighted by molar-refractivity contribution is 5.79. The summed E-state index contributed by atoms with van der Waals surface area (Å²) in [6, 6.07) is 0. The summed E-state index contributed by atoms with van der Waals surface area (Å²) in [6.07, 6.45) is 1.38. The number of aliphatic hydroxyl groups excluding tert-OH is 1. The van der Waals surface area contributed by atoms with Crippen molar-refractivity contribution in [3.8, 4) is 0 Å². The van der Waals surface area contributed by atoms with Crippen molar-refractivity contribution in [2.75, 3.05) is 52.5 Å². The molecule has 2 aliphatic rings. The van der Waals surface area contributed by atoms with Gasteiger partial charge in [-0.25, -0.2) is 0 Å². The molecule has 0 unspecified atom stereocenters. The van der Waals surface area contributed by atoms with Gasteiger partial charge in [0.2, 0.25) is 5.91 Å². The molecule has 0 saturated carbocycles. The SMILES string of the molecule is O=C(CN1CCNCC1)NC1(CO)CCOCC1. The smallest absolute Gasteiger partial charge is 0.234 e. The number of ether oxygens (including phenoxy) is 1. The maximum atomic E-state index is 12.0. The second kappa shape index (κ2) is 6.47. The van der Waals surface area contributed by atoms with Gasteiger partial charge >= 0.3 is 0 Å². The molecule has 0 radical (unpaired) electrons. The Morgan fingerprint density at radius 1 is 1.33 bits per heavy atom. The van der Waals surface area contributed by atoms with Crippen LogP contribution in [0.25, 0.3) is 0 Å². The van der Waals surface area contributed by atoms with Gasteiger partial charge in [0.25, 0.3) is 0 Å². The first kappa shape index (κ1) is 13.7. The average molecular weight is 257 g/mol. The number of aliphatic hydroxyl groups is 1. The Kier molecular flexibility index (Phi) is 4.94. The van der Waals surface area contributed by atoms with Crippen LogP contribution in [0.1, 0.15) is 12.8 Å². The maximum absolute atomic E-state index is 12.0. The van der Waals surface area contributed by atoms with E-state index in [4.69, 9.17) is 4.74 Å². The summed E-state index contributed by atoms with van der Waals surface area (Å²) >= 11 is 0. The average Bonchev–Trinajstić information content (AvgIpc) is 2.41. The van der Waals surface area contributed by atoms with Gasteiger partial charge in [-0.05, 0) is 12.8 Å². The van der Waals surface area contributed by atoms with Crippen LogP contribution in [0.3, 0.4) is 0 Å². The van der Waals surface area contributed by atoms with Gasteiger partial charge < -0.3 is 20.5 Å². The Balaban J connectivity index is 1.81. The number of nitrogens with one attached hydrogen (secondary N) is 2. The van der Waals surface area contributed by atoms with Crippen molar-refractivity contribution in [1.29, 1.82) is 0 Å². The molecule has 2 aliphatic heterocycles. The molecular weight excluding hydrogens is 234 g/mol. The zero-order valence-corrected chi connectivity index (χ0v) is 10.8. The fourth-order valence-corrected chi connectivity index (χ4v) is 2.49. The lowest BCUT2D eigenvalue weighted by molar-refractivity contribution is -0.126. The highest BCUT2D eigenvalue weighted by Gasteiger charge is 2.33. The molecular formula is C12H23N3O3. The molecule has 0 aromatic rings. The Labute approximate surface area is 108 Å². The fourth-order valence-electron chi connectivity index (χ4n) is 2.49. The highest BCUT2D eigenvalue weighted by Crippen LogP contribution is 2.19. The van der Waals surface area contributed by atoms with E-state index in [1.807, 2.05) is 0 Å². The Morgan fingerprint density at radius 2 is 2.00 bits per heavy atom. The summed E-state index contributed by atoms with van der Waals surface area (Å²) in [7, 11) is 0. The third kappa shape index (κ3) is 3.65. The second-order valence-corrected chi connectivity index (χ2v) is 5.13. The Bertz CT molecular complexity index is 274. The molecule has 0 aromatic carbocycles. The van der Waals surface area contributed by atoms with Crippen LogP contribution in [-0.4, -0.2) is 74.0 Å². The van der Waals surface area contributed by atoms with Crippen molar-refractivity contribution < 1.29 is 14.6 Å². The third-order valence-electron chi connectivity index (χ3n) is 3.73. The van der Waals surface area contributed by atoms with Gasteiger partial charge in [0, 0.05) is 39.4 Å². The highest BCUT2D eigenvalue weighted by atomic mass is 16.5. The van der Waals surface area contributed by atoms with E-state index < -0.39 is 5.54 Å². The van der Waals surface area contributed by atoms with Gasteiger partial charge in [0.15, 0.2) is 0 Å². The van der Waals surface area contributed by atoms with Crippen LogP contribution in [-0.2, 0) is 9.53 Å². The number of nitrogens with zero attached hydrogens (tertiary/aromatic N) is 1. The molecule has 1 amide bonds. The first-order valence-corrected chi connectivity index (χ1v) is 6.67. The van der Waals surface area contributed by atoms with E-state index in [2.05, 4.69) is 15.5 Å². The molecule has 0 bridgehead atoms. The number of carbonyl (C=O) groups excluding carboxylic acids is 1. The van der Waals surface area contributed by atoms with Gasteiger partial charge in [-0.2, -0.15) is 0 Å². The minimum atomic E-state index is -0.469. The number of piperazine rings is 1. The number of hydrogen-bond donors (Lipinski definition) is 3. The van der Waals surface area contributed by atoms with Gasteiger partial charge in [0.1, 0.15) is 0 Å². The van der Waals surface area contributed by atoms with Crippen molar-refractivity contribution in [3.63, 3.8) is 0 Å². The maximum Gasteiger partial charge on any atom is 0.234 e. The topological polar surface area (TPSA) is 73.8 Å². The molecule has 18 heavy (non-hydrogen) atoms. The van der Waals surface area contributed by atoms with Crippen LogP contribution in [0.4, 0.5) is 0 Å². The predicted molar refractivity (Wildman–Crippen MR) is 67.3 cm³/mol. The fraction of sp³-hybridized carbons (Fsp3) is 0.917. The molecule has 0 aliphatic carbocycles. The molecule has 6 nitrogen and oxygen atoms in total. The lowest BCUT2D eigenvalue weighted by atomic mass is 9.91. The van der Waals surface area contributed by atoms with Crippen molar-refractivity contribution in [1.82, 2.24) is 15.5 Å². The van der Waals surface area contributed by atoms with E-state index in [9.17, 15) is 9.90 Å². The lowest BCUT2D eigenvalue weighted by Gasteiger charge is -2.37. The molecule has 104 valence electrons. The molecule has 0 spiro atoms. The van der Waals surface area contributed by atoms with Gasteiger partial charge in [-0.1, -0.05) is 0 Å². The summed E-state index contributed by atoms with van der Waals surface area (Å²) in [5.74, 6) is 0.00727. The molecule has 2 saturated heterocycles. The lowest BCUT2D eigenvalue weighted by Crippen LogP contribution is -2.57. The quantitative estimate of drug-likeness (QED) is 0.574. The zero-order valence-electron chi connectivity index (χ0n) is 10.8. The molecule has 2 heterocycles. The van der Waals surface area contributed by atoms with E-state index in [0.29, 0.717) is 32.6 Å². The van der Waals surface area contributed by atoms with Crippen LogP contribution in [0, 0.1) is 0 Å². The predicted octanol–water partition coefficient (Wildman–Crippen LogP) is -1.45. The first-order valence-electron chi connectivity index (χ1n) is 6.67. The van der Waals surface area contributed by atoms with Crippen molar-refractivity contribution in [2.45, 2.75) is 18.4 Å². The van der Waals surface area contributed by atoms with E-state index >= 15 is 0 Å². The van der Waals surface area contributed by atoms with Crippen molar-refractivity contribution in [3.05, 3.63) is 0 Å². The van der Waals surface area contributed by atoms with Crippen molar-refractivity contribution in [2.24, 2.45) is 0 Å². The normalized spacial score (nSPS) is 24.7. The van der Waals surface area contributed by atoms with Crippen LogP contribution < -0.4 is 10.6 Å². The summed E-state index contributed by atoms with van der Waals surface area (Å²) in [5, 5.41) is 15.8. The standard InChI is InChI=1S/C12H23N3O3/c16-10-12(1-7-18-8-2-12)14-11(17)9-15-5-3-13-4-6-15/h13,16H,1-10H2,(H,14,17). The summed E-state index contributed by atoms with van der Waals surface area (Å²) in [4.78, 5) is 14.2. The number of carbonyl (C=O) groups is 1. The van der Waals surface area contributed by atoms with E-state index in [-0.39, 0.29) is 12.5 Å². The van der Waals surface area contributed by atoms with Gasteiger partial charge in [-0.3, -0.25) is 9.69 Å². The number of amides is 1. The third-order valence-corrected chi connectivity index (χ3v) is 3.73. The largest absolute Gasteiger partial charge is 0.394 e.